The predicted molar refractivity (Wildman–Crippen MR) is 248 cm³/mol. The summed E-state index contributed by atoms with van der Waals surface area (Å²) in [6.45, 7) is 24.2. The van der Waals surface area contributed by atoms with E-state index in [2.05, 4.69) is 4.74 Å². The topological polar surface area (TPSA) is 164 Å². The van der Waals surface area contributed by atoms with E-state index in [1.165, 1.54) is 80.2 Å². The fourth-order valence-electron chi connectivity index (χ4n) is 5.46. The zero-order valence-corrected chi connectivity index (χ0v) is 42.0. The first-order valence-corrected chi connectivity index (χ1v) is 21.3. The highest BCUT2D eigenvalue weighted by atomic mass is 35.5. The van der Waals surface area contributed by atoms with Crippen molar-refractivity contribution in [1.82, 2.24) is 0 Å². The van der Waals surface area contributed by atoms with Crippen molar-refractivity contribution in [3.63, 3.8) is 0 Å². The second kappa shape index (κ2) is 24.6. The summed E-state index contributed by atoms with van der Waals surface area (Å²) in [6.07, 6.45) is 0. The van der Waals surface area contributed by atoms with E-state index in [-0.39, 0.29) is 45.6 Å². The molecule has 0 saturated carbocycles. The van der Waals surface area contributed by atoms with Gasteiger partial charge in [-0.05, 0) is 142 Å². The molecule has 3 aromatic carbocycles. The Hall–Kier alpha value is -3.82. The van der Waals surface area contributed by atoms with Gasteiger partial charge in [-0.1, -0.05) is 18.2 Å². The van der Waals surface area contributed by atoms with Gasteiger partial charge in [-0.15, -0.1) is 0 Å². The number of carboxylic acid groups (broad SMARTS) is 1. The normalized spacial score (nSPS) is 18.4. The largest absolute Gasteiger partial charge is 0.498 e. The third-order valence-corrected chi connectivity index (χ3v) is 12.1. The third-order valence-electron chi connectivity index (χ3n) is 11.9. The van der Waals surface area contributed by atoms with Crippen molar-refractivity contribution in [2.45, 2.75) is 137 Å². The van der Waals surface area contributed by atoms with E-state index in [4.69, 9.17) is 58.8 Å². The Kier molecular flexibility index (Phi) is 21.8. The molecule has 14 nitrogen and oxygen atoms in total. The van der Waals surface area contributed by atoms with Gasteiger partial charge in [0.15, 0.2) is 0 Å². The predicted octanol–water partition coefficient (Wildman–Crippen LogP) is 8.33. The average molecular weight is 965 g/mol. The summed E-state index contributed by atoms with van der Waals surface area (Å²) in [6, 6.07) is 11.2. The van der Waals surface area contributed by atoms with Crippen LogP contribution in [0.4, 0.5) is 13.2 Å². The number of ether oxygens (including phenoxy) is 4. The molecule has 0 aliphatic carbocycles. The van der Waals surface area contributed by atoms with Crippen LogP contribution in [0.2, 0.25) is 0 Å². The van der Waals surface area contributed by atoms with Crippen LogP contribution in [0.1, 0.15) is 131 Å². The molecule has 0 aromatic heterocycles. The number of rotatable bonds is 10. The Bertz CT molecular complexity index is 2080. The van der Waals surface area contributed by atoms with Crippen LogP contribution in [0.25, 0.3) is 0 Å². The second-order valence-corrected chi connectivity index (χ2v) is 18.6. The number of hydrogen-bond acceptors (Lipinski definition) is 13. The van der Waals surface area contributed by atoms with Gasteiger partial charge in [0.05, 0.1) is 77.2 Å². The summed E-state index contributed by atoms with van der Waals surface area (Å²) in [7, 11) is 7.58. The molecule has 0 unspecified atom stereocenters. The van der Waals surface area contributed by atoms with Crippen molar-refractivity contribution >= 4 is 56.7 Å². The minimum atomic E-state index is -1.33. The van der Waals surface area contributed by atoms with Crippen LogP contribution < -0.4 is 5.46 Å². The maximum absolute atomic E-state index is 14.7. The summed E-state index contributed by atoms with van der Waals surface area (Å²) in [5.74, 6) is -4.06. The lowest BCUT2D eigenvalue weighted by Gasteiger charge is -2.32. The molecule has 0 bridgehead atoms. The maximum Gasteiger partial charge on any atom is 0.498 e. The number of halogens is 4. The number of esters is 1. The lowest BCUT2D eigenvalue weighted by molar-refractivity contribution is 0.00578. The lowest BCUT2D eigenvalue weighted by Crippen LogP contribution is -2.41. The van der Waals surface area contributed by atoms with E-state index in [9.17, 15) is 27.6 Å². The van der Waals surface area contributed by atoms with Gasteiger partial charge in [0.1, 0.15) is 17.5 Å². The van der Waals surface area contributed by atoms with Gasteiger partial charge < -0.3 is 52.0 Å². The van der Waals surface area contributed by atoms with Crippen molar-refractivity contribution in [1.29, 1.82) is 0 Å². The summed E-state index contributed by atoms with van der Waals surface area (Å²) < 4.78 is 92.6. The molecule has 3 heterocycles. The molecule has 3 saturated heterocycles. The Morgan fingerprint density at radius 2 is 0.955 bits per heavy atom. The zero-order chi connectivity index (χ0) is 51.3. The summed E-state index contributed by atoms with van der Waals surface area (Å²) in [4.78, 5) is 32.8. The first kappa shape index (κ1) is 59.3. The average Bonchev–Trinajstić information content (AvgIpc) is 3.71. The summed E-state index contributed by atoms with van der Waals surface area (Å²) >= 11 is 5.13. The molecule has 0 spiro atoms. The molecule has 0 amide bonds. The molecule has 2 radical (unpaired) electrons. The Labute approximate surface area is 399 Å². The highest BCUT2D eigenvalue weighted by molar-refractivity contribution is 6.67. The summed E-state index contributed by atoms with van der Waals surface area (Å²) in [5.41, 5.74) is -0.692. The van der Waals surface area contributed by atoms with Gasteiger partial charge in [0.25, 0.3) is 5.24 Å². The molecular formula is C46H63B3ClF3O14. The highest BCUT2D eigenvalue weighted by Gasteiger charge is 2.53. The van der Waals surface area contributed by atoms with Gasteiger partial charge in [-0.25, -0.2) is 22.8 Å². The monoisotopic (exact) mass is 964 g/mol. The molecule has 21 heteroatoms. The van der Waals surface area contributed by atoms with Crippen molar-refractivity contribution in [3.8, 4) is 0 Å². The van der Waals surface area contributed by atoms with Crippen LogP contribution in [-0.4, -0.2) is 107 Å². The summed E-state index contributed by atoms with van der Waals surface area (Å²) in [5, 5.41) is 8.32. The Balaban J connectivity index is 0.000000301. The molecule has 3 aromatic rings. The van der Waals surface area contributed by atoms with Crippen LogP contribution >= 0.6 is 11.6 Å². The minimum Gasteiger partial charge on any atom is -0.478 e. The minimum absolute atomic E-state index is 0.0626. The molecule has 368 valence electrons. The van der Waals surface area contributed by atoms with E-state index in [0.29, 0.717) is 29.9 Å². The van der Waals surface area contributed by atoms with Gasteiger partial charge in [-0.3, -0.25) is 4.79 Å². The van der Waals surface area contributed by atoms with Gasteiger partial charge in [0.2, 0.25) is 0 Å². The van der Waals surface area contributed by atoms with Crippen molar-refractivity contribution in [2.75, 3.05) is 28.4 Å². The fraction of sp³-hybridized carbons (Fsp3) is 0.543. The molecule has 0 atom stereocenters. The molecule has 6 rings (SSSR count). The molecule has 3 aliphatic heterocycles. The van der Waals surface area contributed by atoms with Crippen LogP contribution in [0.5, 0.6) is 0 Å². The number of aromatic carboxylic acids is 1. The number of carbonyl (C=O) groups is 3. The van der Waals surface area contributed by atoms with Crippen LogP contribution in [-0.2, 0) is 66.7 Å². The second-order valence-electron chi connectivity index (χ2n) is 18.3. The fourth-order valence-corrected chi connectivity index (χ4v) is 5.61. The lowest BCUT2D eigenvalue weighted by atomic mass is 9.74. The number of benzene rings is 3. The van der Waals surface area contributed by atoms with Gasteiger partial charge in [0, 0.05) is 26.8 Å². The first-order valence-electron chi connectivity index (χ1n) is 20.9. The molecule has 3 fully saturated rings. The van der Waals surface area contributed by atoms with E-state index < -0.39 is 58.5 Å². The Morgan fingerprint density at radius 3 is 1.25 bits per heavy atom. The van der Waals surface area contributed by atoms with Crippen LogP contribution in [0, 0.1) is 17.5 Å². The van der Waals surface area contributed by atoms with Crippen molar-refractivity contribution in [3.05, 3.63) is 99.4 Å². The van der Waals surface area contributed by atoms with Gasteiger partial charge >= 0.3 is 34.4 Å². The van der Waals surface area contributed by atoms with E-state index in [1.807, 2.05) is 83.1 Å². The number of methoxy groups -OCH3 is 4. The molecule has 1 N–H and O–H groups in total. The highest BCUT2D eigenvalue weighted by Crippen LogP contribution is 2.37. The smallest absolute Gasteiger partial charge is 0.478 e. The Morgan fingerprint density at radius 1 is 0.582 bits per heavy atom. The zero-order valence-electron chi connectivity index (χ0n) is 41.2. The van der Waals surface area contributed by atoms with E-state index in [1.54, 1.807) is 12.1 Å². The third kappa shape index (κ3) is 15.9. The standard InChI is InChI=1S/C15H20BFO5.C10H11FO3.C9H8ClFO2.2C6H12BO2/c1-14(2)15(3,4)22-16(21-14)11-9(8-20-5)6-7-10(12(11)17)13(18)19;1-13-6-7-3-4-8(9(11)5-7)10(12)14-2;1-13-5-6-2-3-7(9(10)12)8(11)4-6;2*1-5(2)6(3,4)9-7-8-5/h6-7H,8H2,1-5H3,(H,18,19);3-5H,6H2,1-2H3;2-4H,5H2,1H3;2*1-4H3. The van der Waals surface area contributed by atoms with Crippen LogP contribution in [0.15, 0.2) is 48.5 Å². The first-order chi connectivity index (χ1) is 30.9. The van der Waals surface area contributed by atoms with Gasteiger partial charge in [-0.2, -0.15) is 0 Å². The van der Waals surface area contributed by atoms with Crippen LogP contribution in [0.3, 0.4) is 0 Å². The molecule has 67 heavy (non-hydrogen) atoms. The SMILES string of the molecule is CC1(C)O[B]OC1(C)C.CC1(C)O[B]OC1(C)C.COCc1ccc(C(=O)Cl)c(F)c1.COCc1ccc(C(=O)O)c(F)c1B1OC(C)(C)C(C)(C)O1.COCc1ccc(C(=O)OC)c(F)c1. The van der Waals surface area contributed by atoms with E-state index in [0.717, 1.165) is 0 Å². The number of carbonyl (C=O) groups excluding carboxylic acids is 2. The maximum atomic E-state index is 14.7. The molecular weight excluding hydrogens is 901 g/mol. The van der Waals surface area contributed by atoms with E-state index >= 15 is 0 Å². The van der Waals surface area contributed by atoms with Crippen molar-refractivity contribution in [2.24, 2.45) is 0 Å². The quantitative estimate of drug-likeness (QED) is 0.117. The number of hydrogen-bond donors (Lipinski definition) is 1. The molecule has 3 aliphatic rings. The number of carboxylic acids is 1. The van der Waals surface area contributed by atoms with Crippen molar-refractivity contribution < 1.29 is 79.5 Å².